The molecule has 0 unspecified atom stereocenters. The number of carbonyl (C=O) groups excluding carboxylic acids is 1. The number of benzene rings is 2. The summed E-state index contributed by atoms with van der Waals surface area (Å²) in [5.74, 6) is 2.27. The predicted octanol–water partition coefficient (Wildman–Crippen LogP) is 2.93. The van der Waals surface area contributed by atoms with Crippen molar-refractivity contribution in [3.05, 3.63) is 53.9 Å². The normalized spacial score (nSPS) is 10.7. The molecule has 0 aliphatic rings. The van der Waals surface area contributed by atoms with Gasteiger partial charge in [-0.2, -0.15) is 0 Å². The van der Waals surface area contributed by atoms with E-state index in [9.17, 15) is 4.79 Å². The molecule has 26 heavy (non-hydrogen) atoms. The third-order valence-corrected chi connectivity index (χ3v) is 4.32. The number of fused-ring (bicyclic) bond motifs is 1. The number of imidazole rings is 1. The quantitative estimate of drug-likeness (QED) is 0.709. The van der Waals surface area contributed by atoms with Gasteiger partial charge in [0, 0.05) is 18.5 Å². The molecule has 3 aromatic rings. The van der Waals surface area contributed by atoms with Crippen LogP contribution in [0.3, 0.4) is 0 Å². The van der Waals surface area contributed by atoms with Crippen LogP contribution < -0.4 is 14.8 Å². The Labute approximate surface area is 152 Å². The first-order chi connectivity index (χ1) is 12.7. The summed E-state index contributed by atoms with van der Waals surface area (Å²) in [6, 6.07) is 13.4. The summed E-state index contributed by atoms with van der Waals surface area (Å²) in [4.78, 5) is 17.1. The molecule has 0 saturated carbocycles. The van der Waals surface area contributed by atoms with Crippen LogP contribution in [0.1, 0.15) is 18.3 Å². The number of hydrogen-bond acceptors (Lipinski definition) is 4. The zero-order chi connectivity index (χ0) is 18.5. The fraction of sp³-hybridized carbons (Fsp3) is 0.300. The highest BCUT2D eigenvalue weighted by Crippen LogP contribution is 2.23. The topological polar surface area (TPSA) is 65.4 Å². The van der Waals surface area contributed by atoms with Gasteiger partial charge in [0.2, 0.25) is 5.91 Å². The summed E-state index contributed by atoms with van der Waals surface area (Å²) in [6.07, 6.45) is 0.770. The number of methoxy groups -OCH3 is 2. The molecule has 1 aromatic heterocycles. The van der Waals surface area contributed by atoms with Crippen LogP contribution in [-0.2, 0) is 24.3 Å². The van der Waals surface area contributed by atoms with E-state index >= 15 is 0 Å². The average molecular weight is 353 g/mol. The first-order valence-electron chi connectivity index (χ1n) is 8.58. The summed E-state index contributed by atoms with van der Waals surface area (Å²) in [5, 5.41) is 2.96. The lowest BCUT2D eigenvalue weighted by Crippen LogP contribution is -2.28. The van der Waals surface area contributed by atoms with Gasteiger partial charge in [-0.1, -0.05) is 19.1 Å². The Balaban J connectivity index is 1.74. The molecule has 6 nitrogen and oxygen atoms in total. The minimum atomic E-state index is -0.0762. The van der Waals surface area contributed by atoms with E-state index < -0.39 is 0 Å². The Morgan fingerprint density at radius 2 is 1.96 bits per heavy atom. The fourth-order valence-electron chi connectivity index (χ4n) is 2.99. The van der Waals surface area contributed by atoms with Gasteiger partial charge in [0.1, 0.15) is 23.9 Å². The number of rotatable bonds is 7. The van der Waals surface area contributed by atoms with Crippen molar-refractivity contribution in [1.29, 1.82) is 0 Å². The van der Waals surface area contributed by atoms with E-state index in [0.29, 0.717) is 12.3 Å². The molecule has 0 spiro atoms. The highest BCUT2D eigenvalue weighted by molar-refractivity contribution is 5.81. The summed E-state index contributed by atoms with van der Waals surface area (Å²) < 4.78 is 12.6. The second-order valence-electron chi connectivity index (χ2n) is 5.91. The first kappa shape index (κ1) is 17.8. The van der Waals surface area contributed by atoms with Crippen LogP contribution in [0.15, 0.2) is 42.5 Å². The number of nitrogens with one attached hydrogen (secondary N) is 1. The van der Waals surface area contributed by atoms with Crippen molar-refractivity contribution in [1.82, 2.24) is 14.9 Å². The van der Waals surface area contributed by atoms with Crippen LogP contribution in [0.5, 0.6) is 11.5 Å². The number of aromatic nitrogens is 2. The van der Waals surface area contributed by atoms with Gasteiger partial charge in [-0.15, -0.1) is 0 Å². The van der Waals surface area contributed by atoms with Crippen molar-refractivity contribution in [2.45, 2.75) is 26.4 Å². The standard InChI is InChI=1S/C20H23N3O3/c1-4-19-22-16-7-5-6-8-17(16)23(19)13-20(24)21-12-14-11-15(25-2)9-10-18(14)26-3/h5-11H,4,12-13H2,1-3H3,(H,21,24). The minimum absolute atomic E-state index is 0.0762. The lowest BCUT2D eigenvalue weighted by Gasteiger charge is -2.12. The van der Waals surface area contributed by atoms with E-state index in [-0.39, 0.29) is 12.5 Å². The van der Waals surface area contributed by atoms with Crippen LogP contribution in [0.25, 0.3) is 11.0 Å². The highest BCUT2D eigenvalue weighted by Gasteiger charge is 2.13. The molecule has 0 bridgehead atoms. The Bertz CT molecular complexity index is 918. The molecule has 1 N–H and O–H groups in total. The number of hydrogen-bond donors (Lipinski definition) is 1. The van der Waals surface area contributed by atoms with Gasteiger partial charge in [-0.05, 0) is 30.3 Å². The number of para-hydroxylation sites is 2. The number of aryl methyl sites for hydroxylation is 1. The van der Waals surface area contributed by atoms with Crippen molar-refractivity contribution >= 4 is 16.9 Å². The molecule has 0 aliphatic carbocycles. The van der Waals surface area contributed by atoms with Crippen molar-refractivity contribution in [3.8, 4) is 11.5 Å². The second-order valence-corrected chi connectivity index (χ2v) is 5.91. The summed E-state index contributed by atoms with van der Waals surface area (Å²) >= 11 is 0. The Kier molecular flexibility index (Phi) is 5.41. The molecule has 1 amide bonds. The summed E-state index contributed by atoms with van der Waals surface area (Å²) in [6.45, 7) is 2.64. The van der Waals surface area contributed by atoms with E-state index in [1.807, 2.05) is 54.0 Å². The minimum Gasteiger partial charge on any atom is -0.497 e. The van der Waals surface area contributed by atoms with Crippen LogP contribution in [0.4, 0.5) is 0 Å². The van der Waals surface area contributed by atoms with Crippen molar-refractivity contribution in [2.75, 3.05) is 14.2 Å². The molecule has 0 aliphatic heterocycles. The van der Waals surface area contributed by atoms with Gasteiger partial charge >= 0.3 is 0 Å². The zero-order valence-electron chi connectivity index (χ0n) is 15.3. The molecule has 0 radical (unpaired) electrons. The Morgan fingerprint density at radius 1 is 1.15 bits per heavy atom. The van der Waals surface area contributed by atoms with Gasteiger partial charge < -0.3 is 19.4 Å². The molecular formula is C20H23N3O3. The SMILES string of the molecule is CCc1nc2ccccc2n1CC(=O)NCc1cc(OC)ccc1OC. The van der Waals surface area contributed by atoms with Crippen LogP contribution in [-0.4, -0.2) is 29.7 Å². The fourth-order valence-corrected chi connectivity index (χ4v) is 2.99. The number of amides is 1. The first-order valence-corrected chi connectivity index (χ1v) is 8.58. The predicted molar refractivity (Wildman–Crippen MR) is 101 cm³/mol. The molecule has 3 rings (SSSR count). The Hall–Kier alpha value is -3.02. The molecule has 6 heteroatoms. The third-order valence-electron chi connectivity index (χ3n) is 4.32. The number of ether oxygens (including phenoxy) is 2. The van der Waals surface area contributed by atoms with Gasteiger partial charge in [-0.25, -0.2) is 4.98 Å². The van der Waals surface area contributed by atoms with Crippen LogP contribution in [0.2, 0.25) is 0 Å². The molecule has 0 atom stereocenters. The van der Waals surface area contributed by atoms with E-state index in [4.69, 9.17) is 9.47 Å². The average Bonchev–Trinajstić information content (AvgIpc) is 3.03. The summed E-state index contributed by atoms with van der Waals surface area (Å²) in [7, 11) is 3.22. The maximum Gasteiger partial charge on any atom is 0.240 e. The molecule has 2 aromatic carbocycles. The Morgan fingerprint density at radius 3 is 2.69 bits per heavy atom. The smallest absolute Gasteiger partial charge is 0.240 e. The molecular weight excluding hydrogens is 330 g/mol. The van der Waals surface area contributed by atoms with Gasteiger partial charge in [0.05, 0.1) is 25.3 Å². The second kappa shape index (κ2) is 7.91. The summed E-state index contributed by atoms with van der Waals surface area (Å²) in [5.41, 5.74) is 2.75. The maximum absolute atomic E-state index is 12.5. The van der Waals surface area contributed by atoms with E-state index in [1.54, 1.807) is 14.2 Å². The van der Waals surface area contributed by atoms with Crippen molar-refractivity contribution < 1.29 is 14.3 Å². The molecule has 0 saturated heterocycles. The monoisotopic (exact) mass is 353 g/mol. The zero-order valence-corrected chi connectivity index (χ0v) is 15.3. The van der Waals surface area contributed by atoms with Crippen LogP contribution >= 0.6 is 0 Å². The van der Waals surface area contributed by atoms with Gasteiger partial charge in [0.25, 0.3) is 0 Å². The molecule has 1 heterocycles. The third kappa shape index (κ3) is 3.64. The number of carbonyl (C=O) groups is 1. The molecule has 0 fully saturated rings. The number of nitrogens with zero attached hydrogens (tertiary/aromatic N) is 2. The van der Waals surface area contributed by atoms with E-state index in [0.717, 1.165) is 34.6 Å². The highest BCUT2D eigenvalue weighted by atomic mass is 16.5. The van der Waals surface area contributed by atoms with Crippen molar-refractivity contribution in [3.63, 3.8) is 0 Å². The van der Waals surface area contributed by atoms with E-state index in [1.165, 1.54) is 0 Å². The van der Waals surface area contributed by atoms with E-state index in [2.05, 4.69) is 10.3 Å². The lowest BCUT2D eigenvalue weighted by atomic mass is 10.2. The van der Waals surface area contributed by atoms with Crippen molar-refractivity contribution in [2.24, 2.45) is 0 Å². The largest absolute Gasteiger partial charge is 0.497 e. The van der Waals surface area contributed by atoms with Crippen LogP contribution in [0, 0.1) is 0 Å². The molecule has 136 valence electrons. The maximum atomic E-state index is 12.5. The van der Waals surface area contributed by atoms with Gasteiger partial charge in [-0.3, -0.25) is 4.79 Å². The lowest BCUT2D eigenvalue weighted by molar-refractivity contribution is -0.121. The van der Waals surface area contributed by atoms with Gasteiger partial charge in [0.15, 0.2) is 0 Å².